The maximum absolute atomic E-state index is 12.5. The number of carbonyl (C=O) groups is 2. The molecule has 6 nitrogen and oxygen atoms in total. The molecule has 3 unspecified atom stereocenters. The summed E-state index contributed by atoms with van der Waals surface area (Å²) < 4.78 is 11.0. The van der Waals surface area contributed by atoms with Crippen LogP contribution < -0.4 is 15.4 Å². The minimum Gasteiger partial charge on any atom is -0.495 e. The highest BCUT2D eigenvalue weighted by Gasteiger charge is 2.43. The van der Waals surface area contributed by atoms with Crippen LogP contribution in [0.4, 0.5) is 0 Å². The van der Waals surface area contributed by atoms with Crippen molar-refractivity contribution in [3.63, 3.8) is 0 Å². The highest BCUT2D eigenvalue weighted by molar-refractivity contribution is 6.32. The number of hydrogen-bond acceptors (Lipinski definition) is 4. The van der Waals surface area contributed by atoms with E-state index in [1.165, 1.54) is 11.6 Å². The molecule has 3 rings (SSSR count). The Morgan fingerprint density at radius 3 is 2.65 bits per heavy atom. The molecule has 4 atom stereocenters. The summed E-state index contributed by atoms with van der Waals surface area (Å²) in [5.41, 5.74) is 2.04. The van der Waals surface area contributed by atoms with E-state index in [-0.39, 0.29) is 24.0 Å². The Balaban J connectivity index is 1.48. The number of nitrogens with one attached hydrogen (secondary N) is 2. The van der Waals surface area contributed by atoms with Crippen molar-refractivity contribution in [3.05, 3.63) is 76.8 Å². The zero-order chi connectivity index (χ0) is 24.5. The van der Waals surface area contributed by atoms with Crippen LogP contribution in [-0.2, 0) is 20.7 Å². The maximum Gasteiger partial charge on any atom is 0.244 e. The average Bonchev–Trinajstić information content (AvgIpc) is 3.63. The van der Waals surface area contributed by atoms with Crippen molar-refractivity contribution in [2.75, 3.05) is 13.7 Å². The van der Waals surface area contributed by atoms with E-state index in [0.29, 0.717) is 29.7 Å². The van der Waals surface area contributed by atoms with Crippen molar-refractivity contribution in [1.82, 2.24) is 10.6 Å². The number of amides is 2. The molecule has 2 amide bonds. The molecule has 2 aromatic rings. The first-order chi connectivity index (χ1) is 16.4. The van der Waals surface area contributed by atoms with Crippen molar-refractivity contribution in [2.24, 2.45) is 5.92 Å². The molecule has 1 fully saturated rings. The number of halogens is 1. The van der Waals surface area contributed by atoms with Crippen molar-refractivity contribution in [1.29, 1.82) is 0 Å². The largest absolute Gasteiger partial charge is 0.495 e. The Kier molecular flexibility index (Phi) is 9.54. The number of benzene rings is 2. The molecule has 7 heteroatoms. The number of epoxide rings is 1. The van der Waals surface area contributed by atoms with E-state index in [2.05, 4.69) is 29.7 Å². The second-order valence-corrected chi connectivity index (χ2v) is 8.92. The van der Waals surface area contributed by atoms with Crippen LogP contribution in [0.25, 0.3) is 0 Å². The molecule has 0 radical (unpaired) electrons. The Morgan fingerprint density at radius 1 is 1.21 bits per heavy atom. The molecule has 1 saturated heterocycles. The lowest BCUT2D eigenvalue weighted by Crippen LogP contribution is -2.47. The summed E-state index contributed by atoms with van der Waals surface area (Å²) >= 11 is 6.21. The van der Waals surface area contributed by atoms with Gasteiger partial charge in [-0.2, -0.15) is 0 Å². The topological polar surface area (TPSA) is 80.0 Å². The van der Waals surface area contributed by atoms with Gasteiger partial charge in [-0.15, -0.1) is 0 Å². The van der Waals surface area contributed by atoms with Gasteiger partial charge in [-0.3, -0.25) is 9.59 Å². The zero-order valence-corrected chi connectivity index (χ0v) is 20.7. The van der Waals surface area contributed by atoms with Gasteiger partial charge in [0.25, 0.3) is 0 Å². The molecule has 0 spiro atoms. The molecule has 182 valence electrons. The summed E-state index contributed by atoms with van der Waals surface area (Å²) in [6.45, 7) is 4.50. The minimum absolute atomic E-state index is 0.174. The minimum atomic E-state index is -0.702. The van der Waals surface area contributed by atoms with Gasteiger partial charge in [0.15, 0.2) is 0 Å². The predicted octanol–water partition coefficient (Wildman–Crippen LogP) is 4.62. The fourth-order valence-corrected chi connectivity index (χ4v) is 4.26. The van der Waals surface area contributed by atoms with E-state index in [9.17, 15) is 9.59 Å². The molecule has 0 saturated carbocycles. The highest BCUT2D eigenvalue weighted by atomic mass is 35.5. The molecule has 1 heterocycles. The zero-order valence-electron chi connectivity index (χ0n) is 19.9. The van der Waals surface area contributed by atoms with Gasteiger partial charge in [0, 0.05) is 13.0 Å². The number of hydrogen-bond donors (Lipinski definition) is 2. The first-order valence-electron chi connectivity index (χ1n) is 11.7. The Labute approximate surface area is 206 Å². The lowest BCUT2D eigenvalue weighted by molar-refractivity contribution is -0.127. The van der Waals surface area contributed by atoms with Crippen LogP contribution in [0.3, 0.4) is 0 Å². The third-order valence-corrected chi connectivity index (χ3v) is 6.21. The van der Waals surface area contributed by atoms with Crippen LogP contribution in [0, 0.1) is 5.92 Å². The van der Waals surface area contributed by atoms with Gasteiger partial charge in [-0.25, -0.2) is 0 Å². The van der Waals surface area contributed by atoms with Gasteiger partial charge >= 0.3 is 0 Å². The first-order valence-corrected chi connectivity index (χ1v) is 12.1. The van der Waals surface area contributed by atoms with Gasteiger partial charge in [0.05, 0.1) is 18.2 Å². The summed E-state index contributed by atoms with van der Waals surface area (Å²) in [6.07, 6.45) is 5.76. The van der Waals surface area contributed by atoms with Crippen LogP contribution in [-0.4, -0.2) is 37.6 Å². The van der Waals surface area contributed by atoms with Crippen molar-refractivity contribution >= 4 is 23.4 Å². The number of allylic oxidation sites excluding steroid dienone is 1. The molecule has 0 aromatic heterocycles. The Hall–Kier alpha value is -2.83. The quantitative estimate of drug-likeness (QED) is 0.340. The monoisotopic (exact) mass is 484 g/mol. The molecular formula is C27H33ClN2O4. The smallest absolute Gasteiger partial charge is 0.244 e. The van der Waals surface area contributed by atoms with Crippen LogP contribution in [0.5, 0.6) is 5.75 Å². The van der Waals surface area contributed by atoms with E-state index < -0.39 is 6.04 Å². The molecule has 2 N–H and O–H groups in total. The van der Waals surface area contributed by atoms with E-state index >= 15 is 0 Å². The summed E-state index contributed by atoms with van der Waals surface area (Å²) in [6, 6.07) is 14.9. The maximum atomic E-state index is 12.5. The van der Waals surface area contributed by atoms with E-state index in [1.54, 1.807) is 19.2 Å². The van der Waals surface area contributed by atoms with Crippen LogP contribution in [0.1, 0.15) is 43.9 Å². The summed E-state index contributed by atoms with van der Waals surface area (Å²) in [4.78, 5) is 25.0. The molecule has 0 bridgehead atoms. The van der Waals surface area contributed by atoms with Crippen LogP contribution >= 0.6 is 11.6 Å². The first kappa shape index (κ1) is 25.8. The molecule has 1 aliphatic rings. The van der Waals surface area contributed by atoms with Gasteiger partial charge in [0.2, 0.25) is 11.8 Å². The number of ether oxygens (including phenoxy) is 2. The number of methoxy groups -OCH3 is 1. The Morgan fingerprint density at radius 2 is 1.97 bits per heavy atom. The number of carbonyl (C=O) groups excluding carboxylic acids is 2. The molecule has 34 heavy (non-hydrogen) atoms. The van der Waals surface area contributed by atoms with Gasteiger partial charge in [-0.05, 0) is 55.0 Å². The van der Waals surface area contributed by atoms with Gasteiger partial charge in [-0.1, -0.05) is 61.0 Å². The lowest BCUT2D eigenvalue weighted by atomic mass is 9.97. The highest BCUT2D eigenvalue weighted by Crippen LogP contribution is 2.44. The molecule has 0 aliphatic carbocycles. The number of likely N-dealkylation sites (N-methyl/N-ethyl adjacent to an activating group) is 1. The van der Waals surface area contributed by atoms with E-state index in [4.69, 9.17) is 21.1 Å². The van der Waals surface area contributed by atoms with Gasteiger partial charge < -0.3 is 20.1 Å². The molecular weight excluding hydrogens is 452 g/mol. The van der Waals surface area contributed by atoms with Crippen molar-refractivity contribution in [3.8, 4) is 5.75 Å². The van der Waals surface area contributed by atoms with Crippen molar-refractivity contribution in [2.45, 2.75) is 51.4 Å². The predicted molar refractivity (Wildman–Crippen MR) is 134 cm³/mol. The van der Waals surface area contributed by atoms with Crippen LogP contribution in [0.15, 0.2) is 60.7 Å². The average molecular weight is 485 g/mol. The fourth-order valence-electron chi connectivity index (χ4n) is 3.98. The standard InChI is InChI=1S/C27H33ClN2O4/c1-4-29-27(32)22(17-19-14-15-23(33-3)21(28)16-19)30-24(31)13-9-8-10-18(2)25-26(34-25)20-11-6-5-7-12-20/h5-7,9,11-16,18,22,25-26H,4,8,10,17H2,1-3H3,(H,29,32)(H,30,31)/b13-9+/t18?,22-,25?,26?/m1/s1. The summed E-state index contributed by atoms with van der Waals surface area (Å²) in [7, 11) is 1.55. The second kappa shape index (κ2) is 12.6. The fraction of sp³-hybridized carbons (Fsp3) is 0.407. The van der Waals surface area contributed by atoms with Crippen molar-refractivity contribution < 1.29 is 19.1 Å². The summed E-state index contributed by atoms with van der Waals surface area (Å²) in [5, 5.41) is 6.05. The van der Waals surface area contributed by atoms with E-state index in [0.717, 1.165) is 18.4 Å². The van der Waals surface area contributed by atoms with Gasteiger partial charge in [0.1, 0.15) is 17.9 Å². The normalized spacial score (nSPS) is 18.8. The Bertz CT molecular complexity index is 995. The second-order valence-electron chi connectivity index (χ2n) is 8.52. The van der Waals surface area contributed by atoms with E-state index in [1.807, 2.05) is 37.3 Å². The lowest BCUT2D eigenvalue weighted by Gasteiger charge is -2.18. The number of rotatable bonds is 12. The molecule has 1 aliphatic heterocycles. The molecule has 2 aromatic carbocycles. The third kappa shape index (κ3) is 7.34. The summed E-state index contributed by atoms with van der Waals surface area (Å²) in [5.74, 6) is 0.421. The third-order valence-electron chi connectivity index (χ3n) is 5.91. The van der Waals surface area contributed by atoms with Crippen LogP contribution in [0.2, 0.25) is 5.02 Å². The SMILES string of the molecule is CCNC(=O)[C@@H](Cc1ccc(OC)c(Cl)c1)NC(=O)/C=C/CCC(C)C1OC1c1ccccc1.